The van der Waals surface area contributed by atoms with Gasteiger partial charge in [-0.1, -0.05) is 0 Å². The molecule has 0 aliphatic carbocycles. The molecule has 2 aromatic rings. The predicted molar refractivity (Wildman–Crippen MR) is 77.3 cm³/mol. The normalized spacial score (nSPS) is 12.2. The monoisotopic (exact) mass is 277 g/mol. The molecule has 0 spiro atoms. The SMILES string of the molecule is CSc1ccc(Oc2ccc(F)cc2[C@H](C)N)cc1. The first-order valence-corrected chi connectivity index (χ1v) is 7.19. The van der Waals surface area contributed by atoms with Gasteiger partial charge in [0, 0.05) is 16.5 Å². The number of hydrogen-bond acceptors (Lipinski definition) is 3. The maximum atomic E-state index is 13.2. The van der Waals surface area contributed by atoms with E-state index in [0.717, 1.165) is 0 Å². The second-order valence-corrected chi connectivity index (χ2v) is 5.13. The fraction of sp³-hybridized carbons (Fsp3) is 0.200. The molecule has 0 saturated carbocycles. The van der Waals surface area contributed by atoms with E-state index in [-0.39, 0.29) is 11.9 Å². The summed E-state index contributed by atoms with van der Waals surface area (Å²) < 4.78 is 19.0. The van der Waals surface area contributed by atoms with Crippen molar-refractivity contribution in [2.24, 2.45) is 5.73 Å². The Morgan fingerprint density at radius 2 is 1.84 bits per heavy atom. The summed E-state index contributed by atoms with van der Waals surface area (Å²) in [6.07, 6.45) is 2.02. The summed E-state index contributed by atoms with van der Waals surface area (Å²) in [5.41, 5.74) is 6.49. The molecule has 0 fully saturated rings. The van der Waals surface area contributed by atoms with E-state index in [9.17, 15) is 4.39 Å². The van der Waals surface area contributed by atoms with Crippen LogP contribution in [0.15, 0.2) is 47.4 Å². The molecular formula is C15H16FNOS. The Morgan fingerprint density at radius 1 is 1.16 bits per heavy atom. The van der Waals surface area contributed by atoms with Gasteiger partial charge in [-0.25, -0.2) is 4.39 Å². The Hall–Kier alpha value is -1.52. The van der Waals surface area contributed by atoms with Crippen LogP contribution in [0.3, 0.4) is 0 Å². The van der Waals surface area contributed by atoms with Gasteiger partial charge in [0.05, 0.1) is 0 Å². The summed E-state index contributed by atoms with van der Waals surface area (Å²) in [6.45, 7) is 1.80. The lowest BCUT2D eigenvalue weighted by atomic mass is 10.1. The van der Waals surface area contributed by atoms with Gasteiger partial charge in [0.2, 0.25) is 0 Å². The van der Waals surface area contributed by atoms with Gasteiger partial charge in [-0.05, 0) is 55.6 Å². The molecule has 2 nitrogen and oxygen atoms in total. The quantitative estimate of drug-likeness (QED) is 0.843. The van der Waals surface area contributed by atoms with E-state index >= 15 is 0 Å². The lowest BCUT2D eigenvalue weighted by Gasteiger charge is -2.14. The average Bonchev–Trinajstić information content (AvgIpc) is 2.41. The van der Waals surface area contributed by atoms with Gasteiger partial charge in [0.25, 0.3) is 0 Å². The Labute approximate surface area is 116 Å². The van der Waals surface area contributed by atoms with Crippen LogP contribution < -0.4 is 10.5 Å². The number of benzene rings is 2. The van der Waals surface area contributed by atoms with Gasteiger partial charge in [-0.2, -0.15) is 0 Å². The third-order valence-corrected chi connectivity index (χ3v) is 3.49. The molecule has 19 heavy (non-hydrogen) atoms. The van der Waals surface area contributed by atoms with Crippen molar-refractivity contribution in [1.29, 1.82) is 0 Å². The van der Waals surface area contributed by atoms with Crippen molar-refractivity contribution in [3.05, 3.63) is 53.8 Å². The lowest BCUT2D eigenvalue weighted by molar-refractivity contribution is 0.469. The third-order valence-electron chi connectivity index (χ3n) is 2.75. The van der Waals surface area contributed by atoms with Crippen molar-refractivity contribution >= 4 is 11.8 Å². The minimum atomic E-state index is -0.308. The van der Waals surface area contributed by atoms with Crippen molar-refractivity contribution in [2.75, 3.05) is 6.26 Å². The van der Waals surface area contributed by atoms with Crippen LogP contribution in [0.5, 0.6) is 11.5 Å². The molecule has 100 valence electrons. The van der Waals surface area contributed by atoms with Crippen LogP contribution in [-0.4, -0.2) is 6.26 Å². The molecule has 4 heteroatoms. The Balaban J connectivity index is 2.26. The smallest absolute Gasteiger partial charge is 0.132 e. The molecule has 0 heterocycles. The zero-order valence-corrected chi connectivity index (χ0v) is 11.7. The summed E-state index contributed by atoms with van der Waals surface area (Å²) in [5, 5.41) is 0. The van der Waals surface area contributed by atoms with Crippen LogP contribution in [0.4, 0.5) is 4.39 Å². The zero-order chi connectivity index (χ0) is 13.8. The van der Waals surface area contributed by atoms with Crippen LogP contribution in [0, 0.1) is 5.82 Å². The Bertz CT molecular complexity index is 555. The van der Waals surface area contributed by atoms with Gasteiger partial charge in [-0.3, -0.25) is 0 Å². The van der Waals surface area contributed by atoms with E-state index in [1.54, 1.807) is 24.8 Å². The van der Waals surface area contributed by atoms with Crippen LogP contribution in [-0.2, 0) is 0 Å². The molecule has 2 N–H and O–H groups in total. The average molecular weight is 277 g/mol. The zero-order valence-electron chi connectivity index (χ0n) is 10.9. The molecule has 1 atom stereocenters. The molecular weight excluding hydrogens is 261 g/mol. The second-order valence-electron chi connectivity index (χ2n) is 4.25. The van der Waals surface area contributed by atoms with Crippen molar-refractivity contribution in [2.45, 2.75) is 17.9 Å². The number of nitrogens with two attached hydrogens (primary N) is 1. The van der Waals surface area contributed by atoms with E-state index < -0.39 is 0 Å². The molecule has 0 saturated heterocycles. The Kier molecular flexibility index (Phi) is 4.45. The maximum absolute atomic E-state index is 13.2. The van der Waals surface area contributed by atoms with E-state index in [1.165, 1.54) is 17.0 Å². The molecule has 0 unspecified atom stereocenters. The van der Waals surface area contributed by atoms with Crippen LogP contribution in [0.25, 0.3) is 0 Å². The molecule has 0 aliphatic heterocycles. The topological polar surface area (TPSA) is 35.2 Å². The minimum absolute atomic E-state index is 0.281. The predicted octanol–water partition coefficient (Wildman–Crippen LogP) is 4.36. The van der Waals surface area contributed by atoms with Crippen LogP contribution in [0.2, 0.25) is 0 Å². The highest BCUT2D eigenvalue weighted by Gasteiger charge is 2.10. The van der Waals surface area contributed by atoms with E-state index in [2.05, 4.69) is 0 Å². The molecule has 0 amide bonds. The summed E-state index contributed by atoms with van der Waals surface area (Å²) in [7, 11) is 0. The highest BCUT2D eigenvalue weighted by atomic mass is 32.2. The fourth-order valence-electron chi connectivity index (χ4n) is 1.74. The van der Waals surface area contributed by atoms with Gasteiger partial charge in [-0.15, -0.1) is 11.8 Å². The molecule has 0 aliphatic rings. The van der Waals surface area contributed by atoms with E-state index in [1.807, 2.05) is 30.5 Å². The fourth-order valence-corrected chi connectivity index (χ4v) is 2.15. The number of ether oxygens (including phenoxy) is 1. The molecule has 0 aromatic heterocycles. The minimum Gasteiger partial charge on any atom is -0.457 e. The standard InChI is InChI=1S/C15H16FNOS/c1-10(17)14-9-11(16)3-8-15(14)18-12-4-6-13(19-2)7-5-12/h3-10H,17H2,1-2H3/t10-/m0/s1. The van der Waals surface area contributed by atoms with Crippen molar-refractivity contribution < 1.29 is 9.13 Å². The van der Waals surface area contributed by atoms with Crippen molar-refractivity contribution in [1.82, 2.24) is 0 Å². The maximum Gasteiger partial charge on any atom is 0.132 e. The third kappa shape index (κ3) is 3.49. The van der Waals surface area contributed by atoms with Gasteiger partial charge < -0.3 is 10.5 Å². The summed E-state index contributed by atoms with van der Waals surface area (Å²) >= 11 is 1.67. The molecule has 2 aromatic carbocycles. The lowest BCUT2D eigenvalue weighted by Crippen LogP contribution is -2.07. The highest BCUT2D eigenvalue weighted by Crippen LogP contribution is 2.30. The first-order chi connectivity index (χ1) is 9.10. The van der Waals surface area contributed by atoms with E-state index in [4.69, 9.17) is 10.5 Å². The van der Waals surface area contributed by atoms with Gasteiger partial charge >= 0.3 is 0 Å². The Morgan fingerprint density at radius 3 is 2.42 bits per heavy atom. The molecule has 2 rings (SSSR count). The second kappa shape index (κ2) is 6.08. The number of hydrogen-bond donors (Lipinski definition) is 1. The van der Waals surface area contributed by atoms with Crippen LogP contribution in [0.1, 0.15) is 18.5 Å². The number of thioether (sulfide) groups is 1. The van der Waals surface area contributed by atoms with Crippen LogP contribution >= 0.6 is 11.8 Å². The summed E-state index contributed by atoms with van der Waals surface area (Å²) in [6, 6.07) is 11.9. The number of rotatable bonds is 4. The van der Waals surface area contributed by atoms with Gasteiger partial charge in [0.1, 0.15) is 17.3 Å². The summed E-state index contributed by atoms with van der Waals surface area (Å²) in [5.74, 6) is 0.997. The summed E-state index contributed by atoms with van der Waals surface area (Å²) in [4.78, 5) is 1.17. The van der Waals surface area contributed by atoms with Crippen molar-refractivity contribution in [3.63, 3.8) is 0 Å². The first-order valence-electron chi connectivity index (χ1n) is 5.97. The number of halogens is 1. The van der Waals surface area contributed by atoms with Crippen molar-refractivity contribution in [3.8, 4) is 11.5 Å². The highest BCUT2D eigenvalue weighted by molar-refractivity contribution is 7.98. The first kappa shape index (κ1) is 13.9. The largest absolute Gasteiger partial charge is 0.457 e. The van der Waals surface area contributed by atoms with E-state index in [0.29, 0.717) is 17.1 Å². The van der Waals surface area contributed by atoms with Gasteiger partial charge in [0.15, 0.2) is 0 Å². The molecule has 0 bridgehead atoms. The molecule has 0 radical (unpaired) electrons.